The van der Waals surface area contributed by atoms with Gasteiger partial charge < -0.3 is 4.43 Å². The monoisotopic (exact) mass is 402 g/mol. The van der Waals surface area contributed by atoms with E-state index in [1.165, 1.54) is 36.4 Å². The second kappa shape index (κ2) is 7.99. The Bertz CT molecular complexity index is 890. The average Bonchev–Trinajstić information content (AvgIpc) is 2.60. The van der Waals surface area contributed by atoms with Crippen LogP contribution < -0.4 is 0 Å². The molecule has 2 rings (SSSR count). The Balaban J connectivity index is 2.35. The van der Waals surface area contributed by atoms with Gasteiger partial charge >= 0.3 is 0 Å². The highest BCUT2D eigenvalue weighted by Gasteiger charge is 2.36. The molecule has 0 aromatic heterocycles. The lowest BCUT2D eigenvalue weighted by atomic mass is 9.88. The molecule has 0 radical (unpaired) electrons. The minimum atomic E-state index is -2.08. The molecule has 9 heteroatoms. The molecule has 0 spiro atoms. The molecule has 0 saturated carbocycles. The van der Waals surface area contributed by atoms with E-state index in [0.29, 0.717) is 11.1 Å². The van der Waals surface area contributed by atoms with Crippen molar-refractivity contribution in [3.05, 3.63) is 79.9 Å². The van der Waals surface area contributed by atoms with E-state index in [0.717, 1.165) is 0 Å². The Kier molecular flexibility index (Phi) is 6.10. The predicted molar refractivity (Wildman–Crippen MR) is 107 cm³/mol. The highest BCUT2D eigenvalue weighted by molar-refractivity contribution is 6.69. The van der Waals surface area contributed by atoms with E-state index in [9.17, 15) is 25.0 Å². The number of hydrogen-bond acceptors (Lipinski definition) is 6. The van der Waals surface area contributed by atoms with Crippen LogP contribution in [0, 0.1) is 20.2 Å². The van der Waals surface area contributed by atoms with E-state index in [2.05, 4.69) is 0 Å². The van der Waals surface area contributed by atoms with Crippen LogP contribution in [0.1, 0.15) is 29.3 Å². The molecule has 0 saturated heterocycles. The van der Waals surface area contributed by atoms with Crippen molar-refractivity contribution in [1.82, 2.24) is 0 Å². The molecule has 2 aromatic carbocycles. The molecule has 0 amide bonds. The lowest BCUT2D eigenvalue weighted by Crippen LogP contribution is -2.40. The molecular formula is C19H22N2O6Si. The number of benzene rings is 2. The van der Waals surface area contributed by atoms with Gasteiger partial charge in [-0.05, 0) is 56.4 Å². The topological polar surface area (TPSA) is 113 Å². The summed E-state index contributed by atoms with van der Waals surface area (Å²) >= 11 is 0. The van der Waals surface area contributed by atoms with Gasteiger partial charge in [0.2, 0.25) is 0 Å². The van der Waals surface area contributed by atoms with E-state index in [1.54, 1.807) is 19.1 Å². The van der Waals surface area contributed by atoms with Crippen molar-refractivity contribution in [2.75, 3.05) is 0 Å². The molecule has 0 N–H and O–H groups in total. The van der Waals surface area contributed by atoms with Crippen LogP contribution in [-0.2, 0) is 10.0 Å². The molecule has 0 bridgehead atoms. The van der Waals surface area contributed by atoms with Gasteiger partial charge in [0.15, 0.2) is 14.1 Å². The maximum absolute atomic E-state index is 12.8. The number of nitro benzene ring substituents is 2. The summed E-state index contributed by atoms with van der Waals surface area (Å²) in [5, 5.41) is 21.7. The molecule has 148 valence electrons. The van der Waals surface area contributed by atoms with Crippen molar-refractivity contribution in [3.63, 3.8) is 0 Å². The van der Waals surface area contributed by atoms with E-state index in [-0.39, 0.29) is 23.6 Å². The normalized spacial score (nSPS) is 13.6. The summed E-state index contributed by atoms with van der Waals surface area (Å²) < 4.78 is 6.31. The fraction of sp³-hybridized carbons (Fsp3) is 0.316. The van der Waals surface area contributed by atoms with Gasteiger partial charge in [-0.15, -0.1) is 0 Å². The number of carbonyl (C=O) groups is 1. The first-order valence-electron chi connectivity index (χ1n) is 8.64. The number of non-ortho nitro benzene ring substituents is 2. The second-order valence-electron chi connectivity index (χ2n) is 7.65. The largest absolute Gasteiger partial charge is 0.408 e. The van der Waals surface area contributed by atoms with Crippen LogP contribution in [0.2, 0.25) is 19.6 Å². The van der Waals surface area contributed by atoms with Crippen molar-refractivity contribution in [2.24, 2.45) is 0 Å². The summed E-state index contributed by atoms with van der Waals surface area (Å²) in [5.41, 5.74) is -0.0964. The number of nitrogens with zero attached hydrogens (tertiary/aromatic N) is 2. The minimum Gasteiger partial charge on any atom is -0.408 e. The van der Waals surface area contributed by atoms with Crippen LogP contribution in [0.5, 0.6) is 0 Å². The van der Waals surface area contributed by atoms with Crippen LogP contribution in [0.3, 0.4) is 0 Å². The average molecular weight is 402 g/mol. The van der Waals surface area contributed by atoms with Crippen molar-refractivity contribution in [3.8, 4) is 0 Å². The molecule has 2 aromatic rings. The van der Waals surface area contributed by atoms with Gasteiger partial charge in [-0.25, -0.2) is 0 Å². The first kappa shape index (κ1) is 21.4. The van der Waals surface area contributed by atoms with Crippen LogP contribution in [0.4, 0.5) is 11.4 Å². The summed E-state index contributed by atoms with van der Waals surface area (Å²) in [6.07, 6.45) is 0.00684. The molecule has 0 aliphatic heterocycles. The quantitative estimate of drug-likeness (QED) is 0.270. The number of nitro groups is 2. The van der Waals surface area contributed by atoms with Crippen LogP contribution in [0.25, 0.3) is 0 Å². The zero-order valence-corrected chi connectivity index (χ0v) is 17.2. The molecule has 0 aliphatic carbocycles. The number of ketones is 1. The SMILES string of the molecule is CC(CC(=O)c1ccc([N+](=O)[O-])cc1)(O[Si](C)(C)C)c1ccc([N+](=O)[O-])cc1. The Morgan fingerprint density at radius 2 is 1.36 bits per heavy atom. The minimum absolute atomic E-state index is 0.00684. The highest BCUT2D eigenvalue weighted by atomic mass is 28.4. The molecule has 0 heterocycles. The molecule has 0 aliphatic rings. The van der Waals surface area contributed by atoms with Gasteiger partial charge in [-0.1, -0.05) is 0 Å². The van der Waals surface area contributed by atoms with E-state index in [1.807, 2.05) is 19.6 Å². The Morgan fingerprint density at radius 3 is 1.75 bits per heavy atom. The van der Waals surface area contributed by atoms with Gasteiger partial charge in [-0.2, -0.15) is 0 Å². The van der Waals surface area contributed by atoms with Crippen molar-refractivity contribution >= 4 is 25.5 Å². The highest BCUT2D eigenvalue weighted by Crippen LogP contribution is 2.35. The van der Waals surface area contributed by atoms with Gasteiger partial charge in [0, 0.05) is 36.2 Å². The summed E-state index contributed by atoms with van der Waals surface area (Å²) in [4.78, 5) is 33.5. The van der Waals surface area contributed by atoms with Gasteiger partial charge in [0.05, 0.1) is 15.4 Å². The first-order chi connectivity index (χ1) is 12.9. The Hall–Kier alpha value is -2.91. The molecule has 8 nitrogen and oxygen atoms in total. The third kappa shape index (κ3) is 5.30. The summed E-state index contributed by atoms with van der Waals surface area (Å²) in [5.74, 6) is -0.228. The maximum Gasteiger partial charge on any atom is 0.269 e. The van der Waals surface area contributed by atoms with Gasteiger partial charge in [0.1, 0.15) is 0 Å². The second-order valence-corrected chi connectivity index (χ2v) is 12.1. The Morgan fingerprint density at radius 1 is 0.929 bits per heavy atom. The van der Waals surface area contributed by atoms with E-state index in [4.69, 9.17) is 4.43 Å². The standard InChI is InChI=1S/C19H22N2O6Si/c1-19(27-28(2,3)4,15-7-11-17(12-8-15)21(25)26)13-18(22)14-5-9-16(10-6-14)20(23)24/h5-12H,13H2,1-4H3. The van der Waals surface area contributed by atoms with E-state index >= 15 is 0 Å². The number of rotatable bonds is 8. The van der Waals surface area contributed by atoms with Crippen LogP contribution >= 0.6 is 0 Å². The molecule has 1 unspecified atom stereocenters. The smallest absolute Gasteiger partial charge is 0.269 e. The molecule has 1 atom stereocenters. The van der Waals surface area contributed by atoms with Crippen molar-refractivity contribution in [1.29, 1.82) is 0 Å². The van der Waals surface area contributed by atoms with Crippen LogP contribution in [-0.4, -0.2) is 23.9 Å². The number of Topliss-reactive ketones (excluding diaryl/α,β-unsaturated/α-hetero) is 1. The zero-order valence-electron chi connectivity index (χ0n) is 16.2. The molecule has 28 heavy (non-hydrogen) atoms. The van der Waals surface area contributed by atoms with Crippen LogP contribution in [0.15, 0.2) is 48.5 Å². The third-order valence-electron chi connectivity index (χ3n) is 4.12. The molecule has 0 fully saturated rings. The maximum atomic E-state index is 12.8. The number of carbonyl (C=O) groups excluding carboxylic acids is 1. The summed E-state index contributed by atoms with van der Waals surface area (Å²) in [7, 11) is -2.08. The third-order valence-corrected chi connectivity index (χ3v) is 5.18. The fourth-order valence-corrected chi connectivity index (χ4v) is 4.53. The summed E-state index contributed by atoms with van der Waals surface area (Å²) in [6, 6.07) is 11.4. The number of hydrogen-bond donors (Lipinski definition) is 0. The Labute approximate surface area is 163 Å². The fourth-order valence-electron chi connectivity index (χ4n) is 2.99. The predicted octanol–water partition coefficient (Wildman–Crippen LogP) is 4.84. The lowest BCUT2D eigenvalue weighted by Gasteiger charge is -2.36. The van der Waals surface area contributed by atoms with Gasteiger partial charge in [-0.3, -0.25) is 25.0 Å². The summed E-state index contributed by atoms with van der Waals surface area (Å²) in [6.45, 7) is 7.77. The molecular weight excluding hydrogens is 380 g/mol. The zero-order chi connectivity index (χ0) is 21.1. The first-order valence-corrected chi connectivity index (χ1v) is 12.0. The van der Waals surface area contributed by atoms with Gasteiger partial charge in [0.25, 0.3) is 11.4 Å². The lowest BCUT2D eigenvalue weighted by molar-refractivity contribution is -0.385. The van der Waals surface area contributed by atoms with Crippen molar-refractivity contribution < 1.29 is 19.1 Å². The van der Waals surface area contributed by atoms with Crippen molar-refractivity contribution in [2.45, 2.75) is 38.6 Å². The van der Waals surface area contributed by atoms with E-state index < -0.39 is 23.8 Å².